The summed E-state index contributed by atoms with van der Waals surface area (Å²) in [5.41, 5.74) is 0.676. The normalized spacial score (nSPS) is 19.9. The van der Waals surface area contributed by atoms with Crippen molar-refractivity contribution < 1.29 is 41.3 Å². The summed E-state index contributed by atoms with van der Waals surface area (Å²) in [6, 6.07) is 6.74. The number of aliphatic hydroxyl groups excluding tert-OH is 1. The number of carbonyl (C=O) groups excluding carboxylic acids is 1. The maximum absolute atomic E-state index is 13.6. The molecular formula is C23H24ClF5N2O4. The molecule has 2 aromatic rings. The first-order valence-electron chi connectivity index (χ1n) is 10.7. The van der Waals surface area contributed by atoms with E-state index in [-0.39, 0.29) is 24.3 Å². The number of aliphatic hydroxyl groups is 1. The number of ether oxygens (including phenoxy) is 2. The van der Waals surface area contributed by atoms with Crippen LogP contribution in [-0.4, -0.2) is 52.6 Å². The smallest absolute Gasteiger partial charge is 0.406 e. The summed E-state index contributed by atoms with van der Waals surface area (Å²) in [6.45, 7) is 1.53. The molecule has 0 bridgehead atoms. The second kappa shape index (κ2) is 11.5. The van der Waals surface area contributed by atoms with Crippen molar-refractivity contribution in [3.05, 3.63) is 65.2 Å². The Balaban J connectivity index is 1.62. The summed E-state index contributed by atoms with van der Waals surface area (Å²) in [7, 11) is 0. The second-order valence-corrected chi connectivity index (χ2v) is 8.61. The van der Waals surface area contributed by atoms with Crippen LogP contribution in [0.25, 0.3) is 0 Å². The molecule has 1 aliphatic rings. The number of nitrogens with one attached hydrogen (secondary N) is 1. The lowest BCUT2D eigenvalue weighted by Crippen LogP contribution is -2.50. The summed E-state index contributed by atoms with van der Waals surface area (Å²) in [5.74, 6) is -2.51. The average Bonchev–Trinajstić information content (AvgIpc) is 3.22. The molecule has 1 amide bonds. The number of benzene rings is 2. The topological polar surface area (TPSA) is 71.0 Å². The Bertz CT molecular complexity index is 1010. The summed E-state index contributed by atoms with van der Waals surface area (Å²) in [6.07, 6.45) is -6.21. The molecule has 0 radical (unpaired) electrons. The number of hydrogen-bond donors (Lipinski definition) is 2. The highest BCUT2D eigenvalue weighted by Gasteiger charge is 2.38. The number of rotatable bonds is 9. The van der Waals surface area contributed by atoms with Gasteiger partial charge in [0.05, 0.1) is 24.9 Å². The molecule has 0 saturated carbocycles. The molecule has 0 aromatic heterocycles. The largest absolute Gasteiger partial charge is 0.573 e. The van der Waals surface area contributed by atoms with E-state index in [1.165, 1.54) is 25.1 Å². The Hall–Kier alpha value is -2.47. The van der Waals surface area contributed by atoms with Gasteiger partial charge in [-0.05, 0) is 48.2 Å². The predicted octanol–water partition coefficient (Wildman–Crippen LogP) is 4.09. The lowest BCUT2D eigenvalue weighted by Gasteiger charge is -2.32. The Morgan fingerprint density at radius 1 is 1.20 bits per heavy atom. The van der Waals surface area contributed by atoms with E-state index >= 15 is 0 Å². The number of nitrogens with zero attached hydrogens (tertiary/aromatic N) is 1. The maximum atomic E-state index is 13.6. The Morgan fingerprint density at radius 3 is 2.51 bits per heavy atom. The van der Waals surface area contributed by atoms with Crippen LogP contribution in [0.15, 0.2) is 42.5 Å². The summed E-state index contributed by atoms with van der Waals surface area (Å²) in [4.78, 5) is 11.9. The average molecular weight is 523 g/mol. The molecule has 3 rings (SSSR count). The Labute approximate surface area is 203 Å². The molecule has 1 heterocycles. The van der Waals surface area contributed by atoms with Crippen LogP contribution in [0.5, 0.6) is 5.75 Å². The van der Waals surface area contributed by atoms with Crippen molar-refractivity contribution in [3.8, 4) is 5.75 Å². The van der Waals surface area contributed by atoms with Crippen molar-refractivity contribution in [1.82, 2.24) is 9.74 Å². The van der Waals surface area contributed by atoms with Crippen molar-refractivity contribution in [2.75, 3.05) is 6.54 Å². The molecule has 1 fully saturated rings. The van der Waals surface area contributed by atoms with Gasteiger partial charge in [0.25, 0.3) is 0 Å². The standard InChI is InChI=1S/C23H24ClF5N2O4/c1-13(32)31(24)21(8-15-5-16(25)9-17(26)6-15)22(33)20-10-19(11-30-20)34-12-14-3-2-4-18(7-14)35-23(27,28)29/h2-7,9,19-22,30,33H,8,10-12H2,1H3/t19-,20-,21+,22-/m1/s1. The van der Waals surface area contributed by atoms with Crippen LogP contribution in [0.1, 0.15) is 24.5 Å². The van der Waals surface area contributed by atoms with E-state index in [0.29, 0.717) is 24.6 Å². The molecule has 2 aromatic carbocycles. The second-order valence-electron chi connectivity index (χ2n) is 8.25. The Kier molecular flexibility index (Phi) is 8.92. The minimum Gasteiger partial charge on any atom is -0.406 e. The SMILES string of the molecule is CC(=O)N(Cl)[C@@H](Cc1cc(F)cc(F)c1)[C@H](O)[C@H]1C[C@@H](OCc2cccc(OC(F)(F)F)c2)CN1. The maximum Gasteiger partial charge on any atom is 0.573 e. The number of halogens is 6. The third-order valence-electron chi connectivity index (χ3n) is 5.51. The van der Waals surface area contributed by atoms with Gasteiger partial charge in [-0.25, -0.2) is 13.2 Å². The van der Waals surface area contributed by atoms with Gasteiger partial charge in [-0.2, -0.15) is 0 Å². The molecule has 1 saturated heterocycles. The van der Waals surface area contributed by atoms with E-state index in [1.54, 1.807) is 6.07 Å². The fourth-order valence-electron chi connectivity index (χ4n) is 3.97. The van der Waals surface area contributed by atoms with Gasteiger partial charge in [-0.15, -0.1) is 13.2 Å². The van der Waals surface area contributed by atoms with Gasteiger partial charge in [0.1, 0.15) is 17.4 Å². The van der Waals surface area contributed by atoms with Crippen LogP contribution in [0.4, 0.5) is 22.0 Å². The quantitative estimate of drug-likeness (QED) is 0.383. The van der Waals surface area contributed by atoms with Gasteiger partial charge in [0, 0.05) is 37.4 Å². The first-order chi connectivity index (χ1) is 16.4. The van der Waals surface area contributed by atoms with Crippen LogP contribution in [0, 0.1) is 11.6 Å². The van der Waals surface area contributed by atoms with Crippen molar-refractivity contribution in [2.45, 2.75) is 57.0 Å². The first-order valence-corrected chi connectivity index (χ1v) is 11.0. The summed E-state index contributed by atoms with van der Waals surface area (Å²) in [5, 5.41) is 14.0. The van der Waals surface area contributed by atoms with Gasteiger partial charge < -0.3 is 19.9 Å². The summed E-state index contributed by atoms with van der Waals surface area (Å²) >= 11 is 6.11. The van der Waals surface area contributed by atoms with Gasteiger partial charge in [0.15, 0.2) is 0 Å². The molecule has 1 aliphatic heterocycles. The van der Waals surface area contributed by atoms with Gasteiger partial charge in [0.2, 0.25) is 5.91 Å². The highest BCUT2D eigenvalue weighted by Crippen LogP contribution is 2.26. The van der Waals surface area contributed by atoms with E-state index in [1.807, 2.05) is 0 Å². The van der Waals surface area contributed by atoms with E-state index in [4.69, 9.17) is 16.5 Å². The van der Waals surface area contributed by atoms with Crippen LogP contribution in [0.2, 0.25) is 0 Å². The predicted molar refractivity (Wildman–Crippen MR) is 116 cm³/mol. The number of carbonyl (C=O) groups is 1. The van der Waals surface area contributed by atoms with Gasteiger partial charge >= 0.3 is 6.36 Å². The number of hydrogen-bond acceptors (Lipinski definition) is 5. The third kappa shape index (κ3) is 8.03. The monoisotopic (exact) mass is 522 g/mol. The zero-order chi connectivity index (χ0) is 25.8. The van der Waals surface area contributed by atoms with Crippen LogP contribution >= 0.6 is 11.8 Å². The molecule has 2 N–H and O–H groups in total. The molecule has 0 spiro atoms. The van der Waals surface area contributed by atoms with E-state index in [0.717, 1.165) is 16.6 Å². The Morgan fingerprint density at radius 2 is 1.89 bits per heavy atom. The number of alkyl halides is 3. The van der Waals surface area contributed by atoms with E-state index in [2.05, 4.69) is 10.1 Å². The molecule has 12 heteroatoms. The van der Waals surface area contributed by atoms with Gasteiger partial charge in [-0.3, -0.25) is 4.79 Å². The number of amides is 1. The molecular weight excluding hydrogens is 499 g/mol. The minimum absolute atomic E-state index is 0.00525. The van der Waals surface area contributed by atoms with E-state index < -0.39 is 48.2 Å². The van der Waals surface area contributed by atoms with Crippen molar-refractivity contribution >= 4 is 17.7 Å². The van der Waals surface area contributed by atoms with Crippen LogP contribution in [-0.2, 0) is 22.6 Å². The fourth-order valence-corrected chi connectivity index (χ4v) is 4.16. The van der Waals surface area contributed by atoms with Crippen molar-refractivity contribution in [3.63, 3.8) is 0 Å². The lowest BCUT2D eigenvalue weighted by molar-refractivity contribution is -0.274. The highest BCUT2D eigenvalue weighted by molar-refractivity contribution is 6.21. The molecule has 192 valence electrons. The van der Waals surface area contributed by atoms with Crippen molar-refractivity contribution in [1.29, 1.82) is 0 Å². The lowest BCUT2D eigenvalue weighted by atomic mass is 9.95. The molecule has 0 aliphatic carbocycles. The van der Waals surface area contributed by atoms with Crippen LogP contribution in [0.3, 0.4) is 0 Å². The molecule has 0 unspecified atom stereocenters. The third-order valence-corrected chi connectivity index (χ3v) is 6.00. The minimum atomic E-state index is -4.80. The molecule has 6 nitrogen and oxygen atoms in total. The van der Waals surface area contributed by atoms with Crippen molar-refractivity contribution in [2.24, 2.45) is 0 Å². The molecule has 35 heavy (non-hydrogen) atoms. The van der Waals surface area contributed by atoms with E-state index in [9.17, 15) is 31.9 Å². The zero-order valence-corrected chi connectivity index (χ0v) is 19.3. The fraction of sp³-hybridized carbons (Fsp3) is 0.435. The van der Waals surface area contributed by atoms with Crippen LogP contribution < -0.4 is 10.1 Å². The highest BCUT2D eigenvalue weighted by atomic mass is 35.5. The summed E-state index contributed by atoms with van der Waals surface area (Å²) < 4.78 is 74.9. The molecule has 4 atom stereocenters. The first kappa shape index (κ1) is 27.1. The van der Waals surface area contributed by atoms with Gasteiger partial charge in [-0.1, -0.05) is 12.1 Å². The zero-order valence-electron chi connectivity index (χ0n) is 18.6.